The number of aromatic nitrogens is 6. The number of nitrogens with one attached hydrogen (secondary N) is 1. The van der Waals surface area contributed by atoms with Gasteiger partial charge in [-0.25, -0.2) is 19.3 Å². The van der Waals surface area contributed by atoms with Gasteiger partial charge in [0.15, 0.2) is 5.82 Å². The molecule has 29 heavy (non-hydrogen) atoms. The first-order chi connectivity index (χ1) is 14.1. The molecule has 0 fully saturated rings. The number of halogens is 1. The molecule has 3 heterocycles. The van der Waals surface area contributed by atoms with E-state index in [4.69, 9.17) is 0 Å². The molecule has 0 saturated carbocycles. The number of amides is 1. The van der Waals surface area contributed by atoms with Crippen molar-refractivity contribution in [2.75, 3.05) is 5.32 Å². The van der Waals surface area contributed by atoms with Gasteiger partial charge in [0.25, 0.3) is 5.91 Å². The first-order valence-electron chi connectivity index (χ1n) is 9.07. The second kappa shape index (κ2) is 8.36. The Hall–Kier alpha value is -3.33. The Labute approximate surface area is 175 Å². The van der Waals surface area contributed by atoms with Gasteiger partial charge in [-0.1, -0.05) is 41.1 Å². The number of carbonyl (C=O) groups excluding carboxylic acids is 1. The molecule has 0 atom stereocenters. The van der Waals surface area contributed by atoms with Crippen LogP contribution in [0.15, 0.2) is 65.7 Å². The van der Waals surface area contributed by atoms with Crippen molar-refractivity contribution in [2.24, 2.45) is 0 Å². The van der Waals surface area contributed by atoms with Crippen molar-refractivity contribution in [3.8, 4) is 5.82 Å². The summed E-state index contributed by atoms with van der Waals surface area (Å²) in [7, 11) is 0. The maximum absolute atomic E-state index is 12.8. The van der Waals surface area contributed by atoms with E-state index in [0.29, 0.717) is 24.3 Å². The van der Waals surface area contributed by atoms with Crippen LogP contribution in [0.4, 0.5) is 5.95 Å². The molecule has 0 aliphatic carbocycles. The zero-order valence-corrected chi connectivity index (χ0v) is 17.2. The molecule has 4 rings (SSSR count). The molecule has 1 amide bonds. The van der Waals surface area contributed by atoms with E-state index in [1.807, 2.05) is 49.4 Å². The number of hydrogen-bond acceptors (Lipinski definition) is 5. The molecule has 0 saturated heterocycles. The van der Waals surface area contributed by atoms with Crippen molar-refractivity contribution >= 4 is 27.8 Å². The molecule has 146 valence electrons. The number of nitrogens with zero attached hydrogens (tertiary/aromatic N) is 6. The second-order valence-electron chi connectivity index (χ2n) is 6.30. The van der Waals surface area contributed by atoms with Crippen molar-refractivity contribution in [2.45, 2.75) is 19.9 Å². The first-order valence-corrected chi connectivity index (χ1v) is 9.87. The maximum atomic E-state index is 12.8. The van der Waals surface area contributed by atoms with E-state index in [1.165, 1.54) is 0 Å². The highest BCUT2D eigenvalue weighted by Gasteiger charge is 2.19. The average molecular weight is 452 g/mol. The SMILES string of the molecule is CCc1c(C(=O)Nc2ncn(Cc3ccc(Br)cc3)n2)cnn1-c1ccccn1. The van der Waals surface area contributed by atoms with Gasteiger partial charge in [0.1, 0.15) is 6.33 Å². The zero-order chi connectivity index (χ0) is 20.2. The van der Waals surface area contributed by atoms with Crippen LogP contribution in [-0.4, -0.2) is 35.4 Å². The normalized spacial score (nSPS) is 10.8. The Bertz CT molecular complexity index is 1120. The third-order valence-corrected chi connectivity index (χ3v) is 4.86. The lowest BCUT2D eigenvalue weighted by Gasteiger charge is -2.06. The summed E-state index contributed by atoms with van der Waals surface area (Å²) in [6, 6.07) is 13.5. The number of benzene rings is 1. The van der Waals surface area contributed by atoms with Crippen LogP contribution in [0.2, 0.25) is 0 Å². The summed E-state index contributed by atoms with van der Waals surface area (Å²) in [6.45, 7) is 2.53. The largest absolute Gasteiger partial charge is 0.289 e. The molecule has 8 nitrogen and oxygen atoms in total. The standard InChI is InChI=1S/C20H18BrN7O/c1-2-17-16(11-24-28(17)18-5-3-4-10-22-18)19(29)25-20-23-13-27(26-20)12-14-6-8-15(21)9-7-14/h3-11,13H,2,12H2,1H3,(H,25,26,29). The smallest absolute Gasteiger partial charge is 0.261 e. The van der Waals surface area contributed by atoms with E-state index >= 15 is 0 Å². The quantitative estimate of drug-likeness (QED) is 0.484. The lowest BCUT2D eigenvalue weighted by Crippen LogP contribution is -2.15. The van der Waals surface area contributed by atoms with Crippen LogP contribution in [0.3, 0.4) is 0 Å². The summed E-state index contributed by atoms with van der Waals surface area (Å²) < 4.78 is 4.37. The molecular formula is C20H18BrN7O. The highest BCUT2D eigenvalue weighted by atomic mass is 79.9. The number of hydrogen-bond donors (Lipinski definition) is 1. The Morgan fingerprint density at radius 3 is 2.69 bits per heavy atom. The molecule has 4 aromatic rings. The van der Waals surface area contributed by atoms with E-state index in [1.54, 1.807) is 28.1 Å². The molecule has 0 bridgehead atoms. The summed E-state index contributed by atoms with van der Waals surface area (Å²) in [6.07, 6.45) is 5.46. The minimum atomic E-state index is -0.301. The third-order valence-electron chi connectivity index (χ3n) is 4.33. The Morgan fingerprint density at radius 2 is 1.97 bits per heavy atom. The van der Waals surface area contributed by atoms with Gasteiger partial charge in [-0.2, -0.15) is 5.10 Å². The minimum Gasteiger partial charge on any atom is -0.289 e. The summed E-state index contributed by atoms with van der Waals surface area (Å²) >= 11 is 3.42. The summed E-state index contributed by atoms with van der Waals surface area (Å²) in [5, 5.41) is 11.4. The van der Waals surface area contributed by atoms with E-state index in [-0.39, 0.29) is 11.9 Å². The van der Waals surface area contributed by atoms with Gasteiger partial charge in [-0.15, -0.1) is 5.10 Å². The third kappa shape index (κ3) is 4.24. The average Bonchev–Trinajstić information content (AvgIpc) is 3.37. The van der Waals surface area contributed by atoms with Crippen LogP contribution in [0.25, 0.3) is 5.82 Å². The van der Waals surface area contributed by atoms with Crippen LogP contribution in [0.1, 0.15) is 28.5 Å². The molecule has 0 spiro atoms. The first kappa shape index (κ1) is 19.0. The summed E-state index contributed by atoms with van der Waals surface area (Å²) in [5.74, 6) is 0.616. The van der Waals surface area contributed by atoms with E-state index in [9.17, 15) is 4.79 Å². The molecule has 0 aliphatic heterocycles. The topological polar surface area (TPSA) is 90.5 Å². The van der Waals surface area contributed by atoms with Crippen molar-refractivity contribution in [1.82, 2.24) is 29.5 Å². The van der Waals surface area contributed by atoms with Crippen molar-refractivity contribution in [3.05, 3.63) is 82.5 Å². The van der Waals surface area contributed by atoms with Gasteiger partial charge in [-0.3, -0.25) is 10.1 Å². The van der Waals surface area contributed by atoms with Gasteiger partial charge in [-0.05, 0) is 36.2 Å². The van der Waals surface area contributed by atoms with Gasteiger partial charge >= 0.3 is 0 Å². The van der Waals surface area contributed by atoms with E-state index in [0.717, 1.165) is 15.7 Å². The lowest BCUT2D eigenvalue weighted by atomic mass is 10.2. The molecular weight excluding hydrogens is 434 g/mol. The highest BCUT2D eigenvalue weighted by molar-refractivity contribution is 9.10. The fourth-order valence-corrected chi connectivity index (χ4v) is 3.22. The van der Waals surface area contributed by atoms with Crippen LogP contribution in [0.5, 0.6) is 0 Å². The molecule has 1 aromatic carbocycles. The van der Waals surface area contributed by atoms with Crippen molar-refractivity contribution < 1.29 is 4.79 Å². The van der Waals surface area contributed by atoms with Crippen molar-refractivity contribution in [3.63, 3.8) is 0 Å². The molecule has 0 radical (unpaired) electrons. The fraction of sp³-hybridized carbons (Fsp3) is 0.150. The van der Waals surface area contributed by atoms with E-state index in [2.05, 4.69) is 41.4 Å². The highest BCUT2D eigenvalue weighted by Crippen LogP contribution is 2.16. The van der Waals surface area contributed by atoms with Crippen LogP contribution < -0.4 is 5.32 Å². The monoisotopic (exact) mass is 451 g/mol. The fourth-order valence-electron chi connectivity index (χ4n) is 2.95. The minimum absolute atomic E-state index is 0.250. The number of rotatable bonds is 6. The van der Waals surface area contributed by atoms with Crippen LogP contribution >= 0.6 is 15.9 Å². The van der Waals surface area contributed by atoms with Gasteiger partial charge < -0.3 is 0 Å². The van der Waals surface area contributed by atoms with Crippen LogP contribution in [0, 0.1) is 0 Å². The van der Waals surface area contributed by atoms with Crippen molar-refractivity contribution in [1.29, 1.82) is 0 Å². The second-order valence-corrected chi connectivity index (χ2v) is 7.22. The predicted molar refractivity (Wildman–Crippen MR) is 112 cm³/mol. The predicted octanol–water partition coefficient (Wildman–Crippen LogP) is 3.48. The molecule has 0 unspecified atom stereocenters. The molecule has 9 heteroatoms. The summed E-state index contributed by atoms with van der Waals surface area (Å²) in [5.41, 5.74) is 2.33. The maximum Gasteiger partial charge on any atom is 0.261 e. The van der Waals surface area contributed by atoms with E-state index < -0.39 is 0 Å². The lowest BCUT2D eigenvalue weighted by molar-refractivity contribution is 0.102. The van der Waals surface area contributed by atoms with Crippen LogP contribution in [-0.2, 0) is 13.0 Å². The zero-order valence-electron chi connectivity index (χ0n) is 15.7. The Kier molecular flexibility index (Phi) is 5.48. The number of anilines is 1. The molecule has 0 aliphatic rings. The number of carbonyl (C=O) groups is 1. The summed E-state index contributed by atoms with van der Waals surface area (Å²) in [4.78, 5) is 21.3. The van der Waals surface area contributed by atoms with Gasteiger partial charge in [0.05, 0.1) is 24.0 Å². The Balaban J connectivity index is 1.49. The molecule has 3 aromatic heterocycles. The van der Waals surface area contributed by atoms with Gasteiger partial charge in [0.2, 0.25) is 5.95 Å². The molecule has 1 N–H and O–H groups in total. The number of pyridine rings is 1. The Morgan fingerprint density at radius 1 is 1.14 bits per heavy atom. The van der Waals surface area contributed by atoms with Gasteiger partial charge in [0, 0.05) is 10.7 Å².